The Balaban J connectivity index is 0.771. The van der Waals surface area contributed by atoms with Gasteiger partial charge in [0.15, 0.2) is 0 Å². The molecule has 5 aliphatic rings. The molecule has 1 spiro atoms. The monoisotopic (exact) mass is 853 g/mol. The van der Waals surface area contributed by atoms with Crippen molar-refractivity contribution in [2.45, 2.75) is 82.8 Å². The number of likely N-dealkylation sites (tertiary alicyclic amines) is 2. The first-order chi connectivity index (χ1) is 29.4. The Labute approximate surface area is 362 Å². The Morgan fingerprint density at radius 2 is 1.39 bits per heavy atom. The van der Waals surface area contributed by atoms with Gasteiger partial charge in [0.05, 0.1) is 29.3 Å². The number of piperidine rings is 4. The lowest BCUT2D eigenvalue weighted by Crippen LogP contribution is -2.54. The largest absolute Gasteiger partial charge is 0.493 e. The molecule has 0 radical (unpaired) electrons. The number of nitrogens with one attached hydrogen (secondary N) is 1. The molecule has 324 valence electrons. The second kappa shape index (κ2) is 17.7. The number of hydrogen-bond donors (Lipinski definition) is 2. The van der Waals surface area contributed by atoms with Gasteiger partial charge in [-0.1, -0.05) is 44.2 Å². The number of rotatable bonds is 11. The zero-order valence-corrected chi connectivity index (χ0v) is 35.8. The summed E-state index contributed by atoms with van der Waals surface area (Å²) in [6, 6.07) is 20.7. The number of carbonyl (C=O) groups excluding carboxylic acids is 5. The Bertz CT molecular complexity index is 2120. The van der Waals surface area contributed by atoms with Crippen molar-refractivity contribution >= 4 is 46.9 Å². The predicted octanol–water partition coefficient (Wildman–Crippen LogP) is 5.99. The first kappa shape index (κ1) is 42.5. The SMILES string of the molecule is CC(C)(c1ccc(OCC2CCN(C(=O)N3CCC4(CC3)CCN(c3cccc5c3C(=O)N(C3CCC(=O)NC3=O)C5=O)CC4)CC2)cc1)c1ccc(OC[C@H](O)CCl)cc1. The molecule has 0 aromatic heterocycles. The molecule has 1 unspecified atom stereocenters. The molecule has 6 amide bonds. The summed E-state index contributed by atoms with van der Waals surface area (Å²) in [5.41, 5.74) is 3.56. The highest BCUT2D eigenvalue weighted by Gasteiger charge is 2.47. The number of hydrogen-bond acceptors (Lipinski definition) is 9. The van der Waals surface area contributed by atoms with E-state index < -0.39 is 35.8 Å². The fourth-order valence-corrected chi connectivity index (χ4v) is 9.79. The van der Waals surface area contributed by atoms with Gasteiger partial charge >= 0.3 is 6.03 Å². The van der Waals surface area contributed by atoms with Crippen molar-refractivity contribution in [2.24, 2.45) is 11.3 Å². The van der Waals surface area contributed by atoms with Crippen molar-refractivity contribution in [1.82, 2.24) is 20.0 Å². The number of amides is 6. The topological polar surface area (TPSA) is 149 Å². The van der Waals surface area contributed by atoms with E-state index in [1.165, 1.54) is 5.56 Å². The van der Waals surface area contributed by atoms with Gasteiger partial charge < -0.3 is 29.3 Å². The number of benzene rings is 3. The summed E-state index contributed by atoms with van der Waals surface area (Å²) < 4.78 is 11.9. The summed E-state index contributed by atoms with van der Waals surface area (Å²) in [5.74, 6) is 0.0575. The van der Waals surface area contributed by atoms with E-state index in [9.17, 15) is 29.1 Å². The minimum atomic E-state index is -0.993. The number of fused-ring (bicyclic) bond motifs is 1. The van der Waals surface area contributed by atoms with Gasteiger partial charge in [0.2, 0.25) is 11.8 Å². The van der Waals surface area contributed by atoms with E-state index in [-0.39, 0.29) is 42.2 Å². The highest BCUT2D eigenvalue weighted by molar-refractivity contribution is 6.25. The van der Waals surface area contributed by atoms with Gasteiger partial charge in [-0.25, -0.2) is 4.79 Å². The molecule has 2 atom stereocenters. The molecule has 8 rings (SSSR count). The van der Waals surface area contributed by atoms with Crippen molar-refractivity contribution in [3.05, 3.63) is 89.0 Å². The number of aliphatic hydroxyl groups is 1. The zero-order valence-electron chi connectivity index (χ0n) is 35.1. The van der Waals surface area contributed by atoms with Crippen LogP contribution in [0.15, 0.2) is 66.7 Å². The van der Waals surface area contributed by atoms with Crippen molar-refractivity contribution in [1.29, 1.82) is 0 Å². The van der Waals surface area contributed by atoms with Crippen LogP contribution in [0.3, 0.4) is 0 Å². The van der Waals surface area contributed by atoms with Crippen LogP contribution in [0.2, 0.25) is 0 Å². The van der Waals surface area contributed by atoms with Crippen LogP contribution in [0, 0.1) is 11.3 Å². The summed E-state index contributed by atoms with van der Waals surface area (Å²) >= 11 is 5.67. The Kier molecular flexibility index (Phi) is 12.3. The van der Waals surface area contributed by atoms with E-state index >= 15 is 0 Å². The summed E-state index contributed by atoms with van der Waals surface area (Å²) in [6.07, 6.45) is 5.03. The maximum absolute atomic E-state index is 13.7. The first-order valence-electron chi connectivity index (χ1n) is 21.7. The third-order valence-corrected chi connectivity index (χ3v) is 14.2. The highest BCUT2D eigenvalue weighted by atomic mass is 35.5. The fraction of sp³-hybridized carbons (Fsp3) is 0.511. The van der Waals surface area contributed by atoms with Crippen LogP contribution in [0.5, 0.6) is 11.5 Å². The Hall–Kier alpha value is -5.14. The molecule has 5 aliphatic heterocycles. The molecule has 13 nitrogen and oxygen atoms in total. The van der Waals surface area contributed by atoms with Crippen LogP contribution in [0.1, 0.15) is 97.1 Å². The summed E-state index contributed by atoms with van der Waals surface area (Å²) in [7, 11) is 0. The number of anilines is 1. The second-order valence-corrected chi connectivity index (χ2v) is 18.2. The Morgan fingerprint density at radius 1 is 0.803 bits per heavy atom. The highest BCUT2D eigenvalue weighted by Crippen LogP contribution is 2.44. The quantitative estimate of drug-likeness (QED) is 0.176. The van der Waals surface area contributed by atoms with E-state index in [4.69, 9.17) is 21.1 Å². The maximum Gasteiger partial charge on any atom is 0.319 e. The van der Waals surface area contributed by atoms with Crippen LogP contribution < -0.4 is 19.7 Å². The van der Waals surface area contributed by atoms with Crippen LogP contribution in [0.4, 0.5) is 10.5 Å². The van der Waals surface area contributed by atoms with Crippen LogP contribution in [-0.2, 0) is 15.0 Å². The zero-order chi connectivity index (χ0) is 42.9. The van der Waals surface area contributed by atoms with Crippen molar-refractivity contribution in [2.75, 3.05) is 63.3 Å². The standard InChI is InChI=1S/C47H56ClN5O8/c1-46(2,33-8-12-36(13-9-33)61-30-34(54)28-48)32-6-10-35(11-7-32)60-29-31-16-22-51(23-17-31)45(59)52-26-20-47(21-27-52)18-24-50(25-19-47)38-5-3-4-37-41(38)44(58)53(43(37)57)39-14-15-40(55)49-42(39)56/h3-13,31,34,39,54H,14-30H2,1-2H3,(H,49,55,56)/t34-,39?/m1/s1. The van der Waals surface area contributed by atoms with E-state index in [1.807, 2.05) is 52.3 Å². The van der Waals surface area contributed by atoms with Gasteiger partial charge in [-0.15, -0.1) is 11.6 Å². The molecule has 3 aromatic carbocycles. The fourth-order valence-electron chi connectivity index (χ4n) is 9.70. The smallest absolute Gasteiger partial charge is 0.319 e. The molecule has 2 N–H and O–H groups in total. The first-order valence-corrected chi connectivity index (χ1v) is 22.2. The van der Waals surface area contributed by atoms with E-state index in [0.29, 0.717) is 35.1 Å². The number of urea groups is 1. The molecule has 3 aromatic rings. The lowest BCUT2D eigenvalue weighted by atomic mass is 9.71. The van der Waals surface area contributed by atoms with Crippen LogP contribution in [-0.4, -0.2) is 120 Å². The third-order valence-electron chi connectivity index (χ3n) is 13.8. The minimum absolute atomic E-state index is 0.0830. The Morgan fingerprint density at radius 3 is 2.00 bits per heavy atom. The summed E-state index contributed by atoms with van der Waals surface area (Å²) in [5, 5.41) is 11.9. The van der Waals surface area contributed by atoms with E-state index in [2.05, 4.69) is 36.2 Å². The second-order valence-electron chi connectivity index (χ2n) is 17.9. The molecule has 4 fully saturated rings. The molecule has 0 aliphatic carbocycles. The minimum Gasteiger partial charge on any atom is -0.493 e. The number of carbonyl (C=O) groups is 5. The van der Waals surface area contributed by atoms with E-state index in [0.717, 1.165) is 94.0 Å². The summed E-state index contributed by atoms with van der Waals surface area (Å²) in [6.45, 7) is 9.50. The summed E-state index contributed by atoms with van der Waals surface area (Å²) in [4.78, 5) is 72.3. The van der Waals surface area contributed by atoms with Crippen LogP contribution in [0.25, 0.3) is 0 Å². The number of imide groups is 2. The molecule has 0 bridgehead atoms. The molecule has 0 saturated carbocycles. The molecule has 14 heteroatoms. The van der Waals surface area contributed by atoms with Crippen molar-refractivity contribution < 1.29 is 38.6 Å². The predicted molar refractivity (Wildman–Crippen MR) is 230 cm³/mol. The average molecular weight is 854 g/mol. The van der Waals surface area contributed by atoms with Gasteiger partial charge in [-0.3, -0.25) is 29.4 Å². The van der Waals surface area contributed by atoms with E-state index in [1.54, 1.807) is 12.1 Å². The van der Waals surface area contributed by atoms with Gasteiger partial charge in [0, 0.05) is 51.1 Å². The maximum atomic E-state index is 13.7. The number of aliphatic hydroxyl groups excluding tert-OH is 1. The number of nitrogens with zero attached hydrogens (tertiary/aromatic N) is 4. The van der Waals surface area contributed by atoms with Gasteiger partial charge in [0.1, 0.15) is 30.3 Å². The number of ether oxygens (including phenoxy) is 2. The lowest BCUT2D eigenvalue weighted by molar-refractivity contribution is -0.136. The molecular weight excluding hydrogens is 798 g/mol. The number of alkyl halides is 1. The molecule has 5 heterocycles. The molecule has 4 saturated heterocycles. The molecular formula is C47H56ClN5O8. The average Bonchev–Trinajstić information content (AvgIpc) is 3.54. The van der Waals surface area contributed by atoms with Gasteiger partial charge in [0.25, 0.3) is 11.8 Å². The van der Waals surface area contributed by atoms with Gasteiger partial charge in [-0.2, -0.15) is 0 Å². The third kappa shape index (κ3) is 8.82. The molecule has 61 heavy (non-hydrogen) atoms. The van der Waals surface area contributed by atoms with Crippen LogP contribution >= 0.6 is 11.6 Å². The van der Waals surface area contributed by atoms with Crippen molar-refractivity contribution in [3.8, 4) is 11.5 Å². The number of halogens is 1. The lowest BCUT2D eigenvalue weighted by Gasteiger charge is -2.48. The van der Waals surface area contributed by atoms with Crippen molar-refractivity contribution in [3.63, 3.8) is 0 Å². The van der Waals surface area contributed by atoms with Gasteiger partial charge in [-0.05, 0) is 104 Å². The normalized spacial score (nSPS) is 21.4.